The summed E-state index contributed by atoms with van der Waals surface area (Å²) in [5.74, 6) is -1.64. The van der Waals surface area contributed by atoms with Gasteiger partial charge in [-0.2, -0.15) is 0 Å². The van der Waals surface area contributed by atoms with Crippen molar-refractivity contribution in [3.8, 4) is 0 Å². The number of carboxylic acid groups (broad SMARTS) is 2. The Kier molecular flexibility index (Phi) is 35.0. The number of ketones is 2. The molecule has 0 spiro atoms. The largest absolute Gasteiger partial charge is 0.480 e. The van der Waals surface area contributed by atoms with Gasteiger partial charge in [-0.3, -0.25) is 9.59 Å². The van der Waals surface area contributed by atoms with Crippen LogP contribution in [0.2, 0.25) is 0 Å². The molecule has 0 saturated carbocycles. The third kappa shape index (κ3) is 36.4. The van der Waals surface area contributed by atoms with E-state index < -0.39 is 11.9 Å². The van der Waals surface area contributed by atoms with Gasteiger partial charge in [-0.05, 0) is 0 Å². The van der Waals surface area contributed by atoms with E-state index in [1.807, 2.05) is 0 Å². The SMILES string of the molecule is O=C(O)COCCOCCOCCOCCOCCOCC(=O)CCc1nnc(CCC(=O)COCCOCCOCCOCCOCCOCC(=O)O)nn1. The molecule has 0 aliphatic heterocycles. The van der Waals surface area contributed by atoms with E-state index in [4.69, 9.17) is 67.1 Å². The molecule has 0 aromatic carbocycles. The first kappa shape index (κ1) is 50.8. The maximum Gasteiger partial charge on any atom is 0.329 e. The molecule has 0 atom stereocenters. The lowest BCUT2D eigenvalue weighted by molar-refractivity contribution is -0.143. The van der Waals surface area contributed by atoms with Crippen molar-refractivity contribution in [1.29, 1.82) is 0 Å². The third-order valence-corrected chi connectivity index (χ3v) is 6.51. The Morgan fingerprint density at radius 3 is 0.732 bits per heavy atom. The number of rotatable bonds is 44. The minimum absolute atomic E-state index is 0.0622. The molecule has 1 heterocycles. The lowest BCUT2D eigenvalue weighted by atomic mass is 10.2. The van der Waals surface area contributed by atoms with Crippen LogP contribution in [0.5, 0.6) is 0 Å². The van der Waals surface area contributed by atoms with Crippen molar-refractivity contribution in [1.82, 2.24) is 20.4 Å². The molecule has 0 saturated heterocycles. The number of carbonyl (C=O) groups is 4. The fraction of sp³-hybridized carbons (Fsp3) is 0.824. The van der Waals surface area contributed by atoms with E-state index in [1.54, 1.807) is 0 Å². The molecule has 0 radical (unpaired) electrons. The van der Waals surface area contributed by atoms with Crippen LogP contribution in [0.15, 0.2) is 0 Å². The smallest absolute Gasteiger partial charge is 0.329 e. The zero-order valence-corrected chi connectivity index (χ0v) is 32.0. The van der Waals surface area contributed by atoms with Gasteiger partial charge < -0.3 is 67.1 Å². The molecule has 0 aliphatic rings. The molecule has 0 unspecified atom stereocenters. The van der Waals surface area contributed by atoms with Gasteiger partial charge in [0.2, 0.25) is 0 Å². The van der Waals surface area contributed by atoms with Gasteiger partial charge >= 0.3 is 11.9 Å². The zero-order valence-electron chi connectivity index (χ0n) is 32.0. The van der Waals surface area contributed by atoms with E-state index in [0.29, 0.717) is 117 Å². The Balaban J connectivity index is 1.86. The number of ether oxygens (including phenoxy) is 12. The Hall–Kier alpha value is -3.26. The topological polar surface area (TPSA) is 271 Å². The summed E-state index contributed by atoms with van der Waals surface area (Å²) < 4.78 is 63.1. The number of hydrogen-bond acceptors (Lipinski definition) is 20. The van der Waals surface area contributed by atoms with Gasteiger partial charge in [0.15, 0.2) is 23.2 Å². The zero-order chi connectivity index (χ0) is 40.6. The van der Waals surface area contributed by atoms with Crippen LogP contribution in [-0.4, -0.2) is 213 Å². The molecule has 0 aliphatic carbocycles. The fourth-order valence-electron chi connectivity index (χ4n) is 3.80. The molecule has 22 nitrogen and oxygen atoms in total. The highest BCUT2D eigenvalue weighted by Crippen LogP contribution is 1.99. The Bertz CT molecular complexity index is 1040. The van der Waals surface area contributed by atoms with Gasteiger partial charge in [-0.15, -0.1) is 20.4 Å². The summed E-state index contributed by atoms with van der Waals surface area (Å²) in [6.07, 6.45) is 0.867. The van der Waals surface area contributed by atoms with Crippen LogP contribution in [-0.2, 0) is 88.9 Å². The van der Waals surface area contributed by atoms with E-state index >= 15 is 0 Å². The molecule has 1 aromatic rings. The molecule has 322 valence electrons. The molecule has 2 N–H and O–H groups in total. The molecule has 0 bridgehead atoms. The first-order chi connectivity index (χ1) is 27.4. The summed E-state index contributed by atoms with van der Waals surface area (Å²) >= 11 is 0. The summed E-state index contributed by atoms with van der Waals surface area (Å²) in [7, 11) is 0. The molecule has 22 heteroatoms. The van der Waals surface area contributed by atoms with Crippen molar-refractivity contribution in [3.05, 3.63) is 11.6 Å². The Morgan fingerprint density at radius 1 is 0.321 bits per heavy atom. The van der Waals surface area contributed by atoms with E-state index in [9.17, 15) is 19.2 Å². The van der Waals surface area contributed by atoms with Crippen molar-refractivity contribution in [2.75, 3.05) is 159 Å². The normalized spacial score (nSPS) is 11.3. The molecule has 56 heavy (non-hydrogen) atoms. The van der Waals surface area contributed by atoms with Crippen molar-refractivity contribution in [3.63, 3.8) is 0 Å². The van der Waals surface area contributed by atoms with Crippen LogP contribution in [0.25, 0.3) is 0 Å². The first-order valence-corrected chi connectivity index (χ1v) is 18.3. The quantitative estimate of drug-likeness (QED) is 0.0720. The molecule has 1 rings (SSSR count). The summed E-state index contributed by atoms with van der Waals surface area (Å²) in [5.41, 5.74) is 0. The lowest BCUT2D eigenvalue weighted by Gasteiger charge is -2.08. The van der Waals surface area contributed by atoms with Gasteiger partial charge in [0.25, 0.3) is 0 Å². The Labute approximate surface area is 326 Å². The summed E-state index contributed by atoms with van der Waals surface area (Å²) in [4.78, 5) is 44.8. The van der Waals surface area contributed by atoms with Crippen molar-refractivity contribution in [2.24, 2.45) is 0 Å². The maximum absolute atomic E-state index is 12.1. The summed E-state index contributed by atoms with van der Waals surface area (Å²) in [6, 6.07) is 0. The maximum atomic E-state index is 12.1. The number of nitrogens with zero attached hydrogens (tertiary/aromatic N) is 4. The number of aromatic nitrogens is 4. The molecule has 1 aromatic heterocycles. The first-order valence-electron chi connectivity index (χ1n) is 18.3. The van der Waals surface area contributed by atoms with Crippen LogP contribution >= 0.6 is 0 Å². The monoisotopic (exact) mass is 810 g/mol. The number of aliphatic carboxylic acids is 2. The average Bonchev–Trinajstić information content (AvgIpc) is 3.18. The van der Waals surface area contributed by atoms with E-state index in [1.165, 1.54) is 0 Å². The number of hydrogen-bond donors (Lipinski definition) is 2. The minimum Gasteiger partial charge on any atom is -0.480 e. The number of aryl methyl sites for hydroxylation is 2. The second-order valence-electron chi connectivity index (χ2n) is 11.2. The number of carbonyl (C=O) groups excluding carboxylic acids is 2. The van der Waals surface area contributed by atoms with Crippen LogP contribution in [0.4, 0.5) is 0 Å². The van der Waals surface area contributed by atoms with E-state index in [-0.39, 0.29) is 90.1 Å². The predicted octanol–water partition coefficient (Wildman–Crippen LogP) is -1.36. The molecular weight excluding hydrogens is 752 g/mol. The van der Waals surface area contributed by atoms with Crippen LogP contribution in [0.1, 0.15) is 24.5 Å². The highest BCUT2D eigenvalue weighted by Gasteiger charge is 2.09. The van der Waals surface area contributed by atoms with Gasteiger partial charge in [0, 0.05) is 25.7 Å². The third-order valence-electron chi connectivity index (χ3n) is 6.51. The number of carboxylic acids is 2. The van der Waals surface area contributed by atoms with Crippen LogP contribution in [0, 0.1) is 0 Å². The minimum atomic E-state index is -1.02. The van der Waals surface area contributed by atoms with E-state index in [2.05, 4.69) is 20.4 Å². The fourth-order valence-corrected chi connectivity index (χ4v) is 3.80. The molecule has 0 amide bonds. The predicted molar refractivity (Wildman–Crippen MR) is 189 cm³/mol. The summed E-state index contributed by atoms with van der Waals surface area (Å²) in [5, 5.41) is 32.8. The molecular formula is C34H58N4O18. The number of Topliss-reactive ketones (excluding diaryl/α,β-unsaturated/α-hetero) is 2. The van der Waals surface area contributed by atoms with Gasteiger partial charge in [-0.1, -0.05) is 0 Å². The van der Waals surface area contributed by atoms with Gasteiger partial charge in [0.05, 0.1) is 132 Å². The Morgan fingerprint density at radius 2 is 0.518 bits per heavy atom. The van der Waals surface area contributed by atoms with Crippen molar-refractivity contribution < 1.29 is 86.2 Å². The van der Waals surface area contributed by atoms with Gasteiger partial charge in [-0.25, -0.2) is 9.59 Å². The van der Waals surface area contributed by atoms with Crippen LogP contribution < -0.4 is 0 Å². The van der Waals surface area contributed by atoms with Gasteiger partial charge in [0.1, 0.15) is 26.4 Å². The standard InChI is InChI=1S/C34H58N4O18/c39-29(25-53-21-17-49-13-9-45-5-7-47-11-15-51-19-23-55-27-33(41)42)1-3-31-35-37-32(38-36-31)4-2-30(40)26-54-22-18-50-14-10-46-6-8-48-12-16-52-20-24-56-28-34(43)44/h1-28H2,(H,41,42)(H,43,44). The molecule has 0 fully saturated rings. The van der Waals surface area contributed by atoms with Crippen molar-refractivity contribution >= 4 is 23.5 Å². The van der Waals surface area contributed by atoms with Crippen molar-refractivity contribution in [2.45, 2.75) is 25.7 Å². The lowest BCUT2D eigenvalue weighted by Crippen LogP contribution is -2.16. The second-order valence-corrected chi connectivity index (χ2v) is 11.2. The highest BCUT2D eigenvalue weighted by molar-refractivity contribution is 5.80. The second kappa shape index (κ2) is 38.6. The van der Waals surface area contributed by atoms with E-state index in [0.717, 1.165) is 0 Å². The summed E-state index contributed by atoms with van der Waals surface area (Å²) in [6.45, 7) is 5.99. The highest BCUT2D eigenvalue weighted by atomic mass is 16.6. The average molecular weight is 811 g/mol. The van der Waals surface area contributed by atoms with Crippen LogP contribution in [0.3, 0.4) is 0 Å².